The van der Waals surface area contributed by atoms with Crippen molar-refractivity contribution in [3.05, 3.63) is 0 Å². The second kappa shape index (κ2) is 11.7. The van der Waals surface area contributed by atoms with E-state index < -0.39 is 15.3 Å². The zero-order chi connectivity index (χ0) is 3.58. The van der Waals surface area contributed by atoms with E-state index in [0.29, 0.717) is 0 Å². The maximum Gasteiger partial charge on any atom is 1.00 e. The van der Waals surface area contributed by atoms with Gasteiger partial charge in [-0.25, -0.2) is 0 Å². The van der Waals surface area contributed by atoms with E-state index in [1.54, 1.807) is 0 Å². The summed E-state index contributed by atoms with van der Waals surface area (Å²) in [6, 6.07) is 0. The fourth-order valence-electron chi connectivity index (χ4n) is 0. The Morgan fingerprint density at radius 2 is 1.17 bits per heavy atom. The molecule has 0 rings (SSSR count). The van der Waals surface area contributed by atoms with Crippen LogP contribution in [0.4, 0.5) is 0 Å². The molecule has 0 amide bonds. The summed E-state index contributed by atoms with van der Waals surface area (Å²) in [4.78, 5) is 0. The first-order valence-corrected chi connectivity index (χ1v) is 3.18. The Morgan fingerprint density at radius 1 is 1.17 bits per heavy atom. The number of hydrogen-bond donors (Lipinski definition) is 0. The minimum atomic E-state index is -4.08. The molecule has 6 heteroatoms. The van der Waals surface area contributed by atoms with Crippen LogP contribution in [0.15, 0.2) is 0 Å². The standard InChI is InChI=1S/AsH3O3.2Rb/c2-1(3)4;;/h1H,(H2,2,3,4);;/q;2*+1/p-2. The van der Waals surface area contributed by atoms with Crippen molar-refractivity contribution < 1.29 is 128 Å². The van der Waals surface area contributed by atoms with E-state index in [1.165, 1.54) is 0 Å². The monoisotopic (exact) mass is 294 g/mol. The molecular weight excluding hydrogens is 294 g/mol. The molecule has 0 fully saturated rings. The van der Waals surface area contributed by atoms with E-state index in [0.717, 1.165) is 0 Å². The fourth-order valence-corrected chi connectivity index (χ4v) is 0. The summed E-state index contributed by atoms with van der Waals surface area (Å²) in [7, 11) is 0. The van der Waals surface area contributed by atoms with Gasteiger partial charge in [-0.05, 0) is 0 Å². The second-order valence-corrected chi connectivity index (χ2v) is 1.30. The molecule has 3 nitrogen and oxygen atoms in total. The van der Waals surface area contributed by atoms with Crippen LogP contribution in [0.3, 0.4) is 0 Å². The zero-order valence-corrected chi connectivity index (χ0v) is 15.7. The normalized spacial score (nSPS) is 5.83. The van der Waals surface area contributed by atoms with Crippen molar-refractivity contribution in [3.8, 4) is 0 Å². The van der Waals surface area contributed by atoms with Crippen molar-refractivity contribution in [1.29, 1.82) is 0 Å². The van der Waals surface area contributed by atoms with Gasteiger partial charge < -0.3 is 0 Å². The van der Waals surface area contributed by atoms with Crippen molar-refractivity contribution in [2.24, 2.45) is 0 Å². The van der Waals surface area contributed by atoms with E-state index in [-0.39, 0.29) is 116 Å². The molecule has 0 aliphatic heterocycles. The van der Waals surface area contributed by atoms with Crippen LogP contribution >= 0.6 is 0 Å². The first kappa shape index (κ1) is 16.5. The molecule has 0 unspecified atom stereocenters. The van der Waals surface area contributed by atoms with Crippen molar-refractivity contribution in [2.75, 3.05) is 0 Å². The fraction of sp³-hybridized carbons (Fsp3) is 0. The van der Waals surface area contributed by atoms with Gasteiger partial charge in [0.15, 0.2) is 0 Å². The van der Waals surface area contributed by atoms with Gasteiger partial charge in [-0.1, -0.05) is 0 Å². The summed E-state index contributed by atoms with van der Waals surface area (Å²) in [5.41, 5.74) is 0. The molecule has 0 radical (unpaired) electrons. The second-order valence-electron chi connectivity index (χ2n) is 0.250. The van der Waals surface area contributed by atoms with E-state index in [2.05, 4.69) is 0 Å². The summed E-state index contributed by atoms with van der Waals surface area (Å²) in [5.74, 6) is 0. The molecule has 0 aliphatic carbocycles. The zero-order valence-electron chi connectivity index (χ0n) is 3.72. The maximum atomic E-state index is 8.58. The van der Waals surface area contributed by atoms with E-state index >= 15 is 0 Å². The minimum Gasteiger partial charge on any atom is 1.00 e. The average molecular weight is 295 g/mol. The molecule has 0 saturated carbocycles. The van der Waals surface area contributed by atoms with Crippen LogP contribution in [-0.2, 0) is 3.74 Å². The third-order valence-electron chi connectivity index (χ3n) is 0. The van der Waals surface area contributed by atoms with Crippen molar-refractivity contribution in [3.63, 3.8) is 0 Å². The van der Waals surface area contributed by atoms with Gasteiger partial charge in [0, 0.05) is 0 Å². The number of rotatable bonds is 0. The third kappa shape index (κ3) is 24.8. The molecular formula is HAsO3Rb2. The van der Waals surface area contributed by atoms with Crippen LogP contribution in [0.5, 0.6) is 0 Å². The summed E-state index contributed by atoms with van der Waals surface area (Å²) in [6.45, 7) is 0. The molecule has 0 aromatic rings. The molecule has 0 aromatic heterocycles. The quantitative estimate of drug-likeness (QED) is 0.417. The average Bonchev–Trinajstić information content (AvgIpc) is 0.811. The Balaban J connectivity index is -0.0000000450. The molecule has 0 aromatic carbocycles. The summed E-state index contributed by atoms with van der Waals surface area (Å²) in [5, 5.41) is 0. The Bertz CT molecular complexity index is 31.8. The van der Waals surface area contributed by atoms with Crippen LogP contribution in [0.1, 0.15) is 0 Å². The Labute approximate surface area is 139 Å². The van der Waals surface area contributed by atoms with Crippen LogP contribution in [0.2, 0.25) is 0 Å². The molecule has 6 heavy (non-hydrogen) atoms. The Kier molecular flexibility index (Phi) is 32.0. The topological polar surface area (TPSA) is 63.2 Å². The van der Waals surface area contributed by atoms with Crippen LogP contribution < -0.4 is 125 Å². The van der Waals surface area contributed by atoms with Crippen LogP contribution in [-0.4, -0.2) is 15.3 Å². The molecule has 0 aliphatic rings. The first-order valence-electron chi connectivity index (χ1n) is 0.612. The Morgan fingerprint density at radius 3 is 1.17 bits per heavy atom. The third-order valence-corrected chi connectivity index (χ3v) is 0. The van der Waals surface area contributed by atoms with Gasteiger partial charge >= 0.3 is 144 Å². The van der Waals surface area contributed by atoms with Crippen molar-refractivity contribution >= 4 is 15.3 Å². The maximum absolute atomic E-state index is 8.58. The van der Waals surface area contributed by atoms with Crippen LogP contribution in [0, 0.1) is 0 Å². The first-order chi connectivity index (χ1) is 1.73. The number of hydrogen-bond acceptors (Lipinski definition) is 3. The van der Waals surface area contributed by atoms with Gasteiger partial charge in [0.1, 0.15) is 0 Å². The van der Waals surface area contributed by atoms with Gasteiger partial charge in [0.25, 0.3) is 0 Å². The minimum absolute atomic E-state index is 0. The van der Waals surface area contributed by atoms with Gasteiger partial charge in [-0.2, -0.15) is 0 Å². The predicted molar refractivity (Wildman–Crippen MR) is 7.84 cm³/mol. The molecule has 0 N–H and O–H groups in total. The predicted octanol–water partition coefficient (Wildman–Crippen LogP) is -9.14. The van der Waals surface area contributed by atoms with Crippen molar-refractivity contribution in [2.45, 2.75) is 0 Å². The summed E-state index contributed by atoms with van der Waals surface area (Å²) < 4.78 is 25.8. The van der Waals surface area contributed by atoms with E-state index in [4.69, 9.17) is 11.9 Å². The molecule has 26 valence electrons. The summed E-state index contributed by atoms with van der Waals surface area (Å²) in [6.07, 6.45) is 0. The van der Waals surface area contributed by atoms with Gasteiger partial charge in [-0.15, -0.1) is 0 Å². The SMILES string of the molecule is O=[AsH]([O-])[O-].[Rb+].[Rb+]. The molecule has 0 atom stereocenters. The molecule has 0 spiro atoms. The van der Waals surface area contributed by atoms with Gasteiger partial charge in [0.2, 0.25) is 0 Å². The largest absolute Gasteiger partial charge is 1.00 e. The van der Waals surface area contributed by atoms with Gasteiger partial charge in [0.05, 0.1) is 0 Å². The van der Waals surface area contributed by atoms with Crippen LogP contribution in [0.25, 0.3) is 0 Å². The molecule has 0 bridgehead atoms. The van der Waals surface area contributed by atoms with E-state index in [9.17, 15) is 0 Å². The van der Waals surface area contributed by atoms with Crippen molar-refractivity contribution in [1.82, 2.24) is 0 Å². The molecule has 0 saturated heterocycles. The molecule has 0 heterocycles. The summed E-state index contributed by atoms with van der Waals surface area (Å²) >= 11 is -4.08. The smallest absolute Gasteiger partial charge is 1.00 e. The van der Waals surface area contributed by atoms with Gasteiger partial charge in [-0.3, -0.25) is 0 Å². The Hall–Kier alpha value is 3.89. The van der Waals surface area contributed by atoms with E-state index in [1.807, 2.05) is 0 Å².